The molecule has 0 aliphatic carbocycles. The van der Waals surface area contributed by atoms with E-state index in [4.69, 9.17) is 5.26 Å². The Hall–Kier alpha value is -2.99. The monoisotopic (exact) mass is 379 g/mol. The highest BCUT2D eigenvalue weighted by molar-refractivity contribution is 7.92. The maximum absolute atomic E-state index is 13.9. The summed E-state index contributed by atoms with van der Waals surface area (Å²) in [5.74, 6) is -2.37. The number of halogens is 2. The third kappa shape index (κ3) is 5.00. The topological polar surface area (TPSA) is 90.3 Å². The van der Waals surface area contributed by atoms with Gasteiger partial charge >= 0.3 is 0 Å². The largest absolute Gasteiger partial charge is 0.326 e. The molecule has 2 rings (SSSR count). The van der Waals surface area contributed by atoms with Gasteiger partial charge in [-0.2, -0.15) is 5.26 Å². The number of nitrogens with one attached hydrogen (secondary N) is 1. The van der Waals surface area contributed by atoms with Crippen molar-refractivity contribution in [2.75, 3.05) is 22.4 Å². The fourth-order valence-corrected chi connectivity index (χ4v) is 3.13. The minimum Gasteiger partial charge on any atom is -0.326 e. The third-order valence-corrected chi connectivity index (χ3v) is 4.60. The number of hydrogen-bond acceptors (Lipinski definition) is 4. The average Bonchev–Trinajstić information content (AvgIpc) is 2.56. The smallest absolute Gasteiger partial charge is 0.232 e. The van der Waals surface area contributed by atoms with Crippen LogP contribution in [0.4, 0.5) is 20.2 Å². The van der Waals surface area contributed by atoms with Gasteiger partial charge in [0.05, 0.1) is 23.6 Å². The van der Waals surface area contributed by atoms with Crippen molar-refractivity contribution >= 4 is 27.3 Å². The Bertz CT molecular complexity index is 954. The first-order chi connectivity index (χ1) is 12.2. The Morgan fingerprint density at radius 1 is 1.19 bits per heavy atom. The van der Waals surface area contributed by atoms with Gasteiger partial charge in [0, 0.05) is 24.7 Å². The molecule has 0 atom stereocenters. The Balaban J connectivity index is 2.09. The first-order valence-corrected chi connectivity index (χ1v) is 9.28. The van der Waals surface area contributed by atoms with Crippen LogP contribution in [0.1, 0.15) is 12.0 Å². The highest BCUT2D eigenvalue weighted by Crippen LogP contribution is 2.23. The minimum absolute atomic E-state index is 0.246. The van der Waals surface area contributed by atoms with Crippen LogP contribution in [0.15, 0.2) is 42.5 Å². The van der Waals surface area contributed by atoms with Crippen molar-refractivity contribution in [3.05, 3.63) is 59.7 Å². The Labute approximate surface area is 149 Å². The normalized spacial score (nSPS) is 10.8. The van der Waals surface area contributed by atoms with Crippen molar-refractivity contribution in [1.82, 2.24) is 0 Å². The molecule has 0 aliphatic heterocycles. The van der Waals surface area contributed by atoms with Gasteiger partial charge in [0.1, 0.15) is 11.6 Å². The molecule has 6 nitrogen and oxygen atoms in total. The Kier molecular flexibility index (Phi) is 5.90. The fraction of sp³-hybridized carbons (Fsp3) is 0.176. The molecule has 2 aromatic carbocycles. The van der Waals surface area contributed by atoms with Crippen molar-refractivity contribution in [3.8, 4) is 6.07 Å². The van der Waals surface area contributed by atoms with Gasteiger partial charge in [-0.15, -0.1) is 0 Å². The van der Waals surface area contributed by atoms with Gasteiger partial charge in [-0.05, 0) is 36.4 Å². The van der Waals surface area contributed by atoms with Crippen LogP contribution in [0.3, 0.4) is 0 Å². The minimum atomic E-state index is -3.88. The Morgan fingerprint density at radius 3 is 2.38 bits per heavy atom. The van der Waals surface area contributed by atoms with Crippen LogP contribution in [-0.2, 0) is 14.8 Å². The van der Waals surface area contributed by atoms with E-state index in [-0.39, 0.29) is 18.7 Å². The summed E-state index contributed by atoms with van der Waals surface area (Å²) in [6.07, 6.45) is 0.623. The van der Waals surface area contributed by atoms with Crippen LogP contribution in [0, 0.1) is 23.0 Å². The summed E-state index contributed by atoms with van der Waals surface area (Å²) in [5, 5.41) is 11.3. The number of nitriles is 1. The van der Waals surface area contributed by atoms with E-state index in [2.05, 4.69) is 5.32 Å². The molecule has 0 saturated heterocycles. The van der Waals surface area contributed by atoms with E-state index in [1.165, 1.54) is 24.3 Å². The second-order valence-electron chi connectivity index (χ2n) is 5.42. The van der Waals surface area contributed by atoms with E-state index in [9.17, 15) is 22.0 Å². The van der Waals surface area contributed by atoms with Crippen molar-refractivity contribution < 1.29 is 22.0 Å². The maximum atomic E-state index is 13.9. The molecule has 0 spiro atoms. The molecule has 26 heavy (non-hydrogen) atoms. The molecule has 0 unspecified atom stereocenters. The van der Waals surface area contributed by atoms with E-state index in [1.54, 1.807) is 0 Å². The second-order valence-corrected chi connectivity index (χ2v) is 7.33. The van der Waals surface area contributed by atoms with Crippen LogP contribution in [0.2, 0.25) is 0 Å². The average molecular weight is 379 g/mol. The molecule has 0 heterocycles. The van der Waals surface area contributed by atoms with Gasteiger partial charge in [0.25, 0.3) is 0 Å². The number of nitrogens with zero attached hydrogens (tertiary/aromatic N) is 2. The van der Waals surface area contributed by atoms with Crippen LogP contribution in [0.5, 0.6) is 0 Å². The van der Waals surface area contributed by atoms with Crippen LogP contribution >= 0.6 is 0 Å². The fourth-order valence-electron chi connectivity index (χ4n) is 2.20. The lowest BCUT2D eigenvalue weighted by Gasteiger charge is -2.22. The summed E-state index contributed by atoms with van der Waals surface area (Å²) < 4.78 is 51.5. The lowest BCUT2D eigenvalue weighted by Crippen LogP contribution is -2.33. The van der Waals surface area contributed by atoms with Crippen molar-refractivity contribution in [2.24, 2.45) is 0 Å². The molecule has 0 aromatic heterocycles. The summed E-state index contributed by atoms with van der Waals surface area (Å²) in [5.41, 5.74) is 0.533. The predicted molar refractivity (Wildman–Crippen MR) is 93.0 cm³/mol. The molecule has 0 fully saturated rings. The first-order valence-electron chi connectivity index (χ1n) is 7.43. The molecule has 0 saturated carbocycles. The SMILES string of the molecule is CS(=O)(=O)N(CCC(=O)Nc1ccc(C#N)cc1)c1ccc(F)cc1F. The number of anilines is 2. The number of amides is 1. The van der Waals surface area contributed by atoms with E-state index in [1.807, 2.05) is 6.07 Å². The second kappa shape index (κ2) is 7.93. The lowest BCUT2D eigenvalue weighted by atomic mass is 10.2. The number of rotatable bonds is 6. The summed E-state index contributed by atoms with van der Waals surface area (Å²) in [6.45, 7) is -0.316. The molecule has 9 heteroatoms. The van der Waals surface area contributed by atoms with E-state index >= 15 is 0 Å². The molecule has 1 N–H and O–H groups in total. The van der Waals surface area contributed by atoms with Gasteiger partial charge in [0.2, 0.25) is 15.9 Å². The number of sulfonamides is 1. The first kappa shape index (κ1) is 19.3. The van der Waals surface area contributed by atoms with Crippen molar-refractivity contribution in [2.45, 2.75) is 6.42 Å². The van der Waals surface area contributed by atoms with Crippen molar-refractivity contribution in [1.29, 1.82) is 5.26 Å². The Morgan fingerprint density at radius 2 is 1.85 bits per heavy atom. The van der Waals surface area contributed by atoms with Gasteiger partial charge in [0.15, 0.2) is 0 Å². The molecule has 0 aliphatic rings. The van der Waals surface area contributed by atoms with E-state index < -0.39 is 27.6 Å². The highest BCUT2D eigenvalue weighted by atomic mass is 32.2. The quantitative estimate of drug-likeness (QED) is 0.835. The zero-order valence-electron chi connectivity index (χ0n) is 13.7. The number of hydrogen-bond donors (Lipinski definition) is 1. The summed E-state index contributed by atoms with van der Waals surface area (Å²) in [6, 6.07) is 10.6. The molecule has 136 valence electrons. The molecular weight excluding hydrogens is 364 g/mol. The van der Waals surface area contributed by atoms with E-state index in [0.717, 1.165) is 18.4 Å². The molecule has 1 amide bonds. The predicted octanol–water partition coefficient (Wildman–Crippen LogP) is 2.63. The highest BCUT2D eigenvalue weighted by Gasteiger charge is 2.22. The number of benzene rings is 2. The van der Waals surface area contributed by atoms with E-state index in [0.29, 0.717) is 21.6 Å². The maximum Gasteiger partial charge on any atom is 0.232 e. The van der Waals surface area contributed by atoms with Gasteiger partial charge in [-0.25, -0.2) is 17.2 Å². The summed E-state index contributed by atoms with van der Waals surface area (Å²) in [7, 11) is -3.88. The molecule has 0 radical (unpaired) electrons. The van der Waals surface area contributed by atoms with Crippen molar-refractivity contribution in [3.63, 3.8) is 0 Å². The van der Waals surface area contributed by atoms with Crippen LogP contribution in [-0.4, -0.2) is 27.1 Å². The van der Waals surface area contributed by atoms with Gasteiger partial charge in [-0.3, -0.25) is 9.10 Å². The zero-order chi connectivity index (χ0) is 19.3. The number of carbonyl (C=O) groups is 1. The summed E-state index contributed by atoms with van der Waals surface area (Å²) in [4.78, 5) is 12.0. The third-order valence-electron chi connectivity index (χ3n) is 3.42. The zero-order valence-corrected chi connectivity index (χ0v) is 14.6. The van der Waals surface area contributed by atoms with Gasteiger partial charge < -0.3 is 5.32 Å². The summed E-state index contributed by atoms with van der Waals surface area (Å²) >= 11 is 0. The van der Waals surface area contributed by atoms with Gasteiger partial charge in [-0.1, -0.05) is 0 Å². The molecule has 2 aromatic rings. The molecule has 0 bridgehead atoms. The molecular formula is C17H15F2N3O3S. The van der Waals surface area contributed by atoms with Crippen LogP contribution in [0.25, 0.3) is 0 Å². The lowest BCUT2D eigenvalue weighted by molar-refractivity contribution is -0.116. The number of carbonyl (C=O) groups excluding carboxylic acids is 1. The van der Waals surface area contributed by atoms with Crippen LogP contribution < -0.4 is 9.62 Å². The standard InChI is InChI=1S/C17H15F2N3O3S/c1-26(24,25)22(16-7-4-13(18)10-15(16)19)9-8-17(23)21-14-5-2-12(11-20)3-6-14/h2-7,10H,8-9H2,1H3,(H,21,23).